The highest BCUT2D eigenvalue weighted by atomic mass is 19.4. The van der Waals surface area contributed by atoms with E-state index in [9.17, 15) is 22.8 Å². The standard InChI is InChI=1S/C32H38F3N3O3/c1-41-20-10-19-37(31(40)26-13-8-14-27(21-26)32(33,34)35)24-30(39)38(28-15-6-3-7-16-28)23-29-17-9-18-36(29)22-25-11-4-2-5-12-25/h2,4-5,8-9,11-14,17-18,21,28H,3,6-7,10,15-16,19-20,22-24H2,1H3. The van der Waals surface area contributed by atoms with Crippen LogP contribution in [0.3, 0.4) is 0 Å². The summed E-state index contributed by atoms with van der Waals surface area (Å²) in [6.45, 7) is 1.41. The molecule has 1 aliphatic rings. The van der Waals surface area contributed by atoms with Crippen molar-refractivity contribution in [2.45, 2.75) is 63.8 Å². The molecule has 0 spiro atoms. The van der Waals surface area contributed by atoms with E-state index in [1.165, 1.54) is 17.0 Å². The smallest absolute Gasteiger partial charge is 0.385 e. The van der Waals surface area contributed by atoms with Crippen LogP contribution in [0.5, 0.6) is 0 Å². The van der Waals surface area contributed by atoms with Crippen LogP contribution in [-0.2, 0) is 28.8 Å². The topological polar surface area (TPSA) is 54.8 Å². The summed E-state index contributed by atoms with van der Waals surface area (Å²) in [7, 11) is 1.54. The van der Waals surface area contributed by atoms with Crippen molar-refractivity contribution in [2.75, 3.05) is 26.8 Å². The minimum Gasteiger partial charge on any atom is -0.385 e. The van der Waals surface area contributed by atoms with Gasteiger partial charge >= 0.3 is 6.18 Å². The van der Waals surface area contributed by atoms with E-state index in [1.54, 1.807) is 7.11 Å². The second kappa shape index (κ2) is 14.3. The van der Waals surface area contributed by atoms with E-state index in [0.717, 1.165) is 55.5 Å². The van der Waals surface area contributed by atoms with Crippen molar-refractivity contribution in [1.29, 1.82) is 0 Å². The third-order valence-corrected chi connectivity index (χ3v) is 7.61. The maximum Gasteiger partial charge on any atom is 0.416 e. The van der Waals surface area contributed by atoms with Gasteiger partial charge < -0.3 is 19.1 Å². The Morgan fingerprint density at radius 1 is 0.976 bits per heavy atom. The number of amides is 2. The van der Waals surface area contributed by atoms with Crippen LogP contribution >= 0.6 is 0 Å². The number of benzene rings is 2. The molecule has 1 aromatic heterocycles. The highest BCUT2D eigenvalue weighted by molar-refractivity contribution is 5.96. The fraction of sp³-hybridized carbons (Fsp3) is 0.438. The minimum atomic E-state index is -4.57. The molecule has 4 rings (SSSR count). The lowest BCUT2D eigenvalue weighted by atomic mass is 9.94. The predicted octanol–water partition coefficient (Wildman–Crippen LogP) is 6.40. The Bertz CT molecular complexity index is 1270. The molecule has 2 amide bonds. The monoisotopic (exact) mass is 569 g/mol. The Labute approximate surface area is 239 Å². The van der Waals surface area contributed by atoms with Crippen LogP contribution < -0.4 is 0 Å². The van der Waals surface area contributed by atoms with Gasteiger partial charge in [0.05, 0.1) is 12.1 Å². The van der Waals surface area contributed by atoms with Crippen molar-refractivity contribution in [3.05, 3.63) is 95.3 Å². The Morgan fingerprint density at radius 2 is 1.73 bits per heavy atom. The average molecular weight is 570 g/mol. The maximum absolute atomic E-state index is 14.0. The quantitative estimate of drug-likeness (QED) is 0.238. The van der Waals surface area contributed by atoms with Crippen molar-refractivity contribution < 1.29 is 27.5 Å². The van der Waals surface area contributed by atoms with Gasteiger partial charge in [0.15, 0.2) is 0 Å². The van der Waals surface area contributed by atoms with Gasteiger partial charge in [-0.05, 0) is 55.2 Å². The molecule has 41 heavy (non-hydrogen) atoms. The Morgan fingerprint density at radius 3 is 2.44 bits per heavy atom. The number of hydrogen-bond acceptors (Lipinski definition) is 3. The number of alkyl halides is 3. The first kappa shape index (κ1) is 30.4. The van der Waals surface area contributed by atoms with Gasteiger partial charge in [-0.2, -0.15) is 13.2 Å². The second-order valence-electron chi connectivity index (χ2n) is 10.6. The number of aromatic nitrogens is 1. The lowest BCUT2D eigenvalue weighted by molar-refractivity contribution is -0.138. The second-order valence-corrected chi connectivity index (χ2v) is 10.6. The Hall–Kier alpha value is -3.59. The molecule has 0 unspecified atom stereocenters. The molecule has 6 nitrogen and oxygen atoms in total. The Kier molecular flexibility index (Phi) is 10.6. The SMILES string of the molecule is COCCCN(CC(=O)N(Cc1cccn1Cc1ccccc1)C1CCCCC1)C(=O)c1cccc(C(F)(F)F)c1. The summed E-state index contributed by atoms with van der Waals surface area (Å²) in [5.74, 6) is -0.807. The number of halogens is 3. The van der Waals surface area contributed by atoms with Gasteiger partial charge in [-0.1, -0.05) is 55.7 Å². The van der Waals surface area contributed by atoms with Crippen molar-refractivity contribution in [3.63, 3.8) is 0 Å². The average Bonchev–Trinajstić information content (AvgIpc) is 3.42. The summed E-state index contributed by atoms with van der Waals surface area (Å²) in [6.07, 6.45) is 2.84. The van der Waals surface area contributed by atoms with Gasteiger partial charge in [-0.15, -0.1) is 0 Å². The first-order valence-corrected chi connectivity index (χ1v) is 14.2. The van der Waals surface area contributed by atoms with Crippen molar-refractivity contribution in [2.24, 2.45) is 0 Å². The van der Waals surface area contributed by atoms with E-state index in [-0.39, 0.29) is 30.6 Å². The van der Waals surface area contributed by atoms with Crippen LogP contribution in [0.4, 0.5) is 13.2 Å². The molecular weight excluding hydrogens is 531 g/mol. The summed E-state index contributed by atoms with van der Waals surface area (Å²) in [6, 6.07) is 18.5. The largest absolute Gasteiger partial charge is 0.416 e. The molecule has 1 heterocycles. The van der Waals surface area contributed by atoms with E-state index >= 15 is 0 Å². The summed E-state index contributed by atoms with van der Waals surface area (Å²) in [4.78, 5) is 30.7. The third kappa shape index (κ3) is 8.45. The van der Waals surface area contributed by atoms with Crippen molar-refractivity contribution in [3.8, 4) is 0 Å². The number of carbonyl (C=O) groups is 2. The maximum atomic E-state index is 14.0. The van der Waals surface area contributed by atoms with Crippen LogP contribution in [-0.4, -0.2) is 59.0 Å². The zero-order valence-corrected chi connectivity index (χ0v) is 23.5. The number of ether oxygens (including phenoxy) is 1. The fourth-order valence-electron chi connectivity index (χ4n) is 5.43. The molecule has 0 aliphatic heterocycles. The molecule has 2 aromatic carbocycles. The van der Waals surface area contributed by atoms with E-state index in [2.05, 4.69) is 16.7 Å². The lowest BCUT2D eigenvalue weighted by Crippen LogP contribution is -2.48. The van der Waals surface area contributed by atoms with E-state index in [0.29, 0.717) is 26.1 Å². The van der Waals surface area contributed by atoms with Gasteiger partial charge in [0.2, 0.25) is 5.91 Å². The molecule has 0 atom stereocenters. The number of methoxy groups -OCH3 is 1. The van der Waals surface area contributed by atoms with Crippen LogP contribution in [0.25, 0.3) is 0 Å². The first-order valence-electron chi connectivity index (χ1n) is 14.2. The van der Waals surface area contributed by atoms with Gasteiger partial charge in [0, 0.05) is 50.3 Å². The number of hydrogen-bond donors (Lipinski definition) is 0. The number of carbonyl (C=O) groups excluding carboxylic acids is 2. The Balaban J connectivity index is 1.56. The van der Waals surface area contributed by atoms with Gasteiger partial charge in [0.25, 0.3) is 5.91 Å². The molecule has 0 saturated heterocycles. The number of nitrogens with zero attached hydrogens (tertiary/aromatic N) is 3. The summed E-state index contributed by atoms with van der Waals surface area (Å²) in [5.41, 5.74) is 1.15. The fourth-order valence-corrected chi connectivity index (χ4v) is 5.43. The van der Waals surface area contributed by atoms with Crippen LogP contribution in [0, 0.1) is 0 Å². The van der Waals surface area contributed by atoms with Crippen LogP contribution in [0.15, 0.2) is 72.9 Å². The van der Waals surface area contributed by atoms with Crippen LogP contribution in [0.2, 0.25) is 0 Å². The normalized spacial score (nSPS) is 14.1. The predicted molar refractivity (Wildman–Crippen MR) is 151 cm³/mol. The van der Waals surface area contributed by atoms with Gasteiger partial charge in [0.1, 0.15) is 6.54 Å². The van der Waals surface area contributed by atoms with E-state index < -0.39 is 17.6 Å². The highest BCUT2D eigenvalue weighted by Crippen LogP contribution is 2.30. The first-order chi connectivity index (χ1) is 19.8. The molecule has 0 bridgehead atoms. The molecule has 1 fully saturated rings. The highest BCUT2D eigenvalue weighted by Gasteiger charge is 2.32. The van der Waals surface area contributed by atoms with Gasteiger partial charge in [-0.3, -0.25) is 9.59 Å². The zero-order valence-electron chi connectivity index (χ0n) is 23.5. The summed E-state index contributed by atoms with van der Waals surface area (Å²) < 4.78 is 47.3. The minimum absolute atomic E-state index is 0.0424. The molecule has 0 radical (unpaired) electrons. The molecule has 1 aliphatic carbocycles. The molecule has 0 N–H and O–H groups in total. The van der Waals surface area contributed by atoms with E-state index in [4.69, 9.17) is 4.74 Å². The van der Waals surface area contributed by atoms with Crippen molar-refractivity contribution in [1.82, 2.24) is 14.4 Å². The van der Waals surface area contributed by atoms with Crippen molar-refractivity contribution >= 4 is 11.8 Å². The molecule has 1 saturated carbocycles. The zero-order chi connectivity index (χ0) is 29.2. The summed E-state index contributed by atoms with van der Waals surface area (Å²) in [5, 5.41) is 0. The number of rotatable bonds is 12. The molecule has 220 valence electrons. The molecule has 9 heteroatoms. The summed E-state index contributed by atoms with van der Waals surface area (Å²) >= 11 is 0. The lowest BCUT2D eigenvalue weighted by Gasteiger charge is -2.36. The van der Waals surface area contributed by atoms with E-state index in [1.807, 2.05) is 41.4 Å². The molecular formula is C32H38F3N3O3. The van der Waals surface area contributed by atoms with Crippen LogP contribution in [0.1, 0.15) is 65.7 Å². The molecule has 3 aromatic rings. The third-order valence-electron chi connectivity index (χ3n) is 7.61. The van der Waals surface area contributed by atoms with Gasteiger partial charge in [-0.25, -0.2) is 0 Å².